The molecule has 12 heteroatoms. The highest BCUT2D eigenvalue weighted by atomic mass is 19.4. The molecule has 2 aromatic carbocycles. The number of fused-ring (bicyclic) bond motifs is 1. The van der Waals surface area contributed by atoms with Gasteiger partial charge in [-0.3, -0.25) is 9.48 Å². The molecule has 0 spiro atoms. The van der Waals surface area contributed by atoms with Crippen LogP contribution in [0.5, 0.6) is 0 Å². The molecular formula is C29H25F4N7O. The summed E-state index contributed by atoms with van der Waals surface area (Å²) < 4.78 is 55.2. The molecule has 1 aliphatic rings. The van der Waals surface area contributed by atoms with Gasteiger partial charge in [-0.2, -0.15) is 18.3 Å². The number of amides is 1. The normalized spacial score (nSPS) is 14.1. The minimum atomic E-state index is -4.44. The van der Waals surface area contributed by atoms with E-state index in [-0.39, 0.29) is 18.8 Å². The van der Waals surface area contributed by atoms with Crippen molar-refractivity contribution in [2.24, 2.45) is 0 Å². The first-order valence-electron chi connectivity index (χ1n) is 13.2. The van der Waals surface area contributed by atoms with Crippen LogP contribution in [0.3, 0.4) is 0 Å². The van der Waals surface area contributed by atoms with Gasteiger partial charge in [0.25, 0.3) is 5.91 Å². The van der Waals surface area contributed by atoms with E-state index in [4.69, 9.17) is 0 Å². The number of carbonyl (C=O) groups excluding carboxylic acids is 1. The summed E-state index contributed by atoms with van der Waals surface area (Å²) in [5, 5.41) is 7.02. The number of H-pyrrole nitrogens is 1. The lowest BCUT2D eigenvalue weighted by Gasteiger charge is -2.09. The average molecular weight is 564 g/mol. The molecule has 5 aromatic rings. The van der Waals surface area contributed by atoms with E-state index in [1.807, 2.05) is 0 Å². The standard InChI is InChI=1S/C29H25F4N7O/c30-23-10-18(12-34-28(41)25-24-27(36-16-35-25)39-26(38-24)19-5-1-2-6-19)8-20(11-23)21-13-37-40(15-21)14-17-4-3-7-22(9-17)29(31,32)33/h3-4,7-11,13,15-16,19H,1-2,5-6,12,14H2,(H,34,41)(H,35,36,38,39). The molecule has 3 aromatic heterocycles. The molecule has 210 valence electrons. The zero-order chi connectivity index (χ0) is 28.6. The number of rotatable bonds is 7. The SMILES string of the molecule is O=C(NCc1cc(F)cc(-c2cnn(Cc3cccc(C(F)(F)F)c3)c2)c1)c1ncnc2nc(C3CCCC3)[nH]c12. The molecular weight excluding hydrogens is 538 g/mol. The average Bonchev–Trinajstić information content (AvgIpc) is 3.72. The predicted molar refractivity (Wildman–Crippen MR) is 142 cm³/mol. The highest BCUT2D eigenvalue weighted by Crippen LogP contribution is 2.33. The maximum Gasteiger partial charge on any atom is 0.416 e. The van der Waals surface area contributed by atoms with Crippen LogP contribution in [-0.2, 0) is 19.3 Å². The fourth-order valence-electron chi connectivity index (χ4n) is 5.23. The van der Waals surface area contributed by atoms with Crippen molar-refractivity contribution in [2.75, 3.05) is 0 Å². The van der Waals surface area contributed by atoms with Crippen molar-refractivity contribution < 1.29 is 22.4 Å². The van der Waals surface area contributed by atoms with Crippen molar-refractivity contribution in [3.63, 3.8) is 0 Å². The zero-order valence-corrected chi connectivity index (χ0v) is 21.7. The van der Waals surface area contributed by atoms with Crippen LogP contribution in [0, 0.1) is 5.82 Å². The fourth-order valence-corrected chi connectivity index (χ4v) is 5.23. The molecule has 8 nitrogen and oxygen atoms in total. The van der Waals surface area contributed by atoms with Gasteiger partial charge in [-0.15, -0.1) is 0 Å². The Kier molecular flexibility index (Phi) is 6.98. The van der Waals surface area contributed by atoms with Gasteiger partial charge in [0.2, 0.25) is 0 Å². The van der Waals surface area contributed by atoms with Crippen molar-refractivity contribution in [1.82, 2.24) is 35.0 Å². The second-order valence-corrected chi connectivity index (χ2v) is 10.2. The highest BCUT2D eigenvalue weighted by Gasteiger charge is 2.30. The molecule has 6 rings (SSSR count). The first kappa shape index (κ1) is 26.6. The first-order valence-corrected chi connectivity index (χ1v) is 13.2. The number of halogens is 4. The number of imidazole rings is 1. The summed E-state index contributed by atoms with van der Waals surface area (Å²) in [6.45, 7) is 0.155. The van der Waals surface area contributed by atoms with Crippen LogP contribution in [0.4, 0.5) is 17.6 Å². The number of carbonyl (C=O) groups is 1. The van der Waals surface area contributed by atoms with Crippen molar-refractivity contribution in [3.8, 4) is 11.1 Å². The van der Waals surface area contributed by atoms with Crippen molar-refractivity contribution in [2.45, 2.75) is 50.9 Å². The van der Waals surface area contributed by atoms with E-state index < -0.39 is 23.5 Å². The van der Waals surface area contributed by atoms with E-state index in [0.29, 0.717) is 39.3 Å². The Hall–Kier alpha value is -4.61. The number of hydrogen-bond donors (Lipinski definition) is 2. The Morgan fingerprint density at radius 1 is 1.05 bits per heavy atom. The van der Waals surface area contributed by atoms with Crippen LogP contribution in [0.15, 0.2) is 61.2 Å². The van der Waals surface area contributed by atoms with Crippen LogP contribution in [0.25, 0.3) is 22.3 Å². The van der Waals surface area contributed by atoms with Crippen molar-refractivity contribution in [1.29, 1.82) is 0 Å². The lowest BCUT2D eigenvalue weighted by Crippen LogP contribution is -2.24. The van der Waals surface area contributed by atoms with Crippen LogP contribution in [0.1, 0.15) is 64.6 Å². The van der Waals surface area contributed by atoms with E-state index in [1.54, 1.807) is 18.3 Å². The molecule has 1 fully saturated rings. The highest BCUT2D eigenvalue weighted by molar-refractivity contribution is 6.02. The molecule has 0 aliphatic heterocycles. The smallest absolute Gasteiger partial charge is 0.347 e. The minimum absolute atomic E-state index is 0.0388. The van der Waals surface area contributed by atoms with E-state index in [1.165, 1.54) is 35.4 Å². The molecule has 0 saturated heterocycles. The molecule has 1 saturated carbocycles. The summed E-state index contributed by atoms with van der Waals surface area (Å²) in [6, 6.07) is 9.41. The third-order valence-corrected chi connectivity index (χ3v) is 7.24. The Balaban J connectivity index is 1.16. The second kappa shape index (κ2) is 10.8. The molecule has 3 heterocycles. The molecule has 0 radical (unpaired) electrons. The quantitative estimate of drug-likeness (QED) is 0.236. The second-order valence-electron chi connectivity index (χ2n) is 10.2. The monoisotopic (exact) mass is 563 g/mol. The summed E-state index contributed by atoms with van der Waals surface area (Å²) in [5.74, 6) is 0.186. The van der Waals surface area contributed by atoms with Gasteiger partial charge in [0.15, 0.2) is 11.3 Å². The molecule has 0 unspecified atom stereocenters. The molecule has 0 atom stereocenters. The van der Waals surface area contributed by atoms with Crippen LogP contribution in [0.2, 0.25) is 0 Å². The number of nitrogens with zero attached hydrogens (tertiary/aromatic N) is 5. The predicted octanol–water partition coefficient (Wildman–Crippen LogP) is 6.01. The third kappa shape index (κ3) is 5.81. The number of hydrogen-bond acceptors (Lipinski definition) is 5. The van der Waals surface area contributed by atoms with Crippen LogP contribution >= 0.6 is 0 Å². The van der Waals surface area contributed by atoms with Gasteiger partial charge < -0.3 is 10.3 Å². The summed E-state index contributed by atoms with van der Waals surface area (Å²) in [6.07, 6.45) is 4.39. The topological polar surface area (TPSA) is 101 Å². The summed E-state index contributed by atoms with van der Waals surface area (Å²) in [5.41, 5.74) is 2.39. The number of aromatic amines is 1. The van der Waals surface area contributed by atoms with Gasteiger partial charge >= 0.3 is 6.18 Å². The Labute approximate surface area is 231 Å². The molecule has 2 N–H and O–H groups in total. The summed E-state index contributed by atoms with van der Waals surface area (Å²) in [4.78, 5) is 29.2. The van der Waals surface area contributed by atoms with Gasteiger partial charge in [0, 0.05) is 24.2 Å². The van der Waals surface area contributed by atoms with E-state index in [0.717, 1.165) is 43.6 Å². The van der Waals surface area contributed by atoms with E-state index >= 15 is 0 Å². The van der Waals surface area contributed by atoms with Gasteiger partial charge in [0.1, 0.15) is 23.5 Å². The lowest BCUT2D eigenvalue weighted by atomic mass is 10.1. The first-order chi connectivity index (χ1) is 19.7. The van der Waals surface area contributed by atoms with Crippen molar-refractivity contribution in [3.05, 3.63) is 95.2 Å². The number of nitrogens with one attached hydrogen (secondary N) is 2. The Morgan fingerprint density at radius 3 is 2.68 bits per heavy atom. The van der Waals surface area contributed by atoms with Gasteiger partial charge in [-0.1, -0.05) is 25.0 Å². The summed E-state index contributed by atoms with van der Waals surface area (Å²) in [7, 11) is 0. The molecule has 0 bridgehead atoms. The number of benzene rings is 2. The van der Waals surface area contributed by atoms with Gasteiger partial charge in [-0.25, -0.2) is 19.3 Å². The molecule has 41 heavy (non-hydrogen) atoms. The minimum Gasteiger partial charge on any atom is -0.347 e. The lowest BCUT2D eigenvalue weighted by molar-refractivity contribution is -0.137. The maximum atomic E-state index is 14.5. The largest absolute Gasteiger partial charge is 0.416 e. The van der Waals surface area contributed by atoms with E-state index in [2.05, 4.69) is 30.4 Å². The summed E-state index contributed by atoms with van der Waals surface area (Å²) >= 11 is 0. The fraction of sp³-hybridized carbons (Fsp3) is 0.276. The number of alkyl halides is 3. The molecule has 1 aliphatic carbocycles. The van der Waals surface area contributed by atoms with Gasteiger partial charge in [-0.05, 0) is 59.9 Å². The van der Waals surface area contributed by atoms with E-state index in [9.17, 15) is 22.4 Å². The molecule has 1 amide bonds. The number of aromatic nitrogens is 6. The van der Waals surface area contributed by atoms with Crippen molar-refractivity contribution >= 4 is 17.1 Å². The van der Waals surface area contributed by atoms with Crippen LogP contribution in [-0.4, -0.2) is 35.6 Å². The van der Waals surface area contributed by atoms with Gasteiger partial charge in [0.05, 0.1) is 18.3 Å². The maximum absolute atomic E-state index is 14.5. The Bertz CT molecular complexity index is 1720. The third-order valence-electron chi connectivity index (χ3n) is 7.24. The zero-order valence-electron chi connectivity index (χ0n) is 21.7. The Morgan fingerprint density at radius 2 is 1.88 bits per heavy atom. The van der Waals surface area contributed by atoms with Crippen LogP contribution < -0.4 is 5.32 Å².